The van der Waals surface area contributed by atoms with Gasteiger partial charge in [0.1, 0.15) is 5.01 Å². The third-order valence-electron chi connectivity index (χ3n) is 4.65. The summed E-state index contributed by atoms with van der Waals surface area (Å²) in [7, 11) is 0. The first-order chi connectivity index (χ1) is 10.0. The lowest BCUT2D eigenvalue weighted by Gasteiger charge is -2.44. The molecule has 2 atom stereocenters. The van der Waals surface area contributed by atoms with E-state index in [1.807, 2.05) is 0 Å². The van der Waals surface area contributed by atoms with E-state index >= 15 is 0 Å². The molecule has 0 radical (unpaired) electrons. The molecule has 1 aromatic heterocycles. The lowest BCUT2D eigenvalue weighted by atomic mass is 9.73. The Bertz CT molecular complexity index is 449. The molecule has 1 aliphatic rings. The van der Waals surface area contributed by atoms with E-state index in [-0.39, 0.29) is 12.0 Å². The minimum Gasteiger partial charge on any atom is -0.396 e. The number of hydrogen-bond acceptors (Lipinski definition) is 5. The molecule has 0 aliphatic carbocycles. The number of rotatable bonds is 6. The molecule has 2 N–H and O–H groups in total. The van der Waals surface area contributed by atoms with Crippen LogP contribution in [0.1, 0.15) is 56.7 Å². The Labute approximate surface area is 131 Å². The second kappa shape index (κ2) is 7.18. The van der Waals surface area contributed by atoms with E-state index in [0.717, 1.165) is 43.1 Å². The first-order valence-corrected chi connectivity index (χ1v) is 8.84. The van der Waals surface area contributed by atoms with E-state index in [4.69, 9.17) is 0 Å². The number of nitrogens with zero attached hydrogens (tertiary/aromatic N) is 2. The van der Waals surface area contributed by atoms with Crippen LogP contribution in [0.2, 0.25) is 0 Å². The van der Waals surface area contributed by atoms with Gasteiger partial charge in [-0.25, -0.2) is 4.98 Å². The summed E-state index contributed by atoms with van der Waals surface area (Å²) in [5.74, 6) is 0.466. The third-order valence-corrected chi connectivity index (χ3v) is 5.50. The van der Waals surface area contributed by atoms with E-state index in [9.17, 15) is 10.2 Å². The molecule has 0 spiro atoms. The summed E-state index contributed by atoms with van der Waals surface area (Å²) in [6.07, 6.45) is 2.32. The van der Waals surface area contributed by atoms with Crippen LogP contribution in [0.25, 0.3) is 0 Å². The molecule has 1 saturated heterocycles. The molecule has 1 aliphatic heterocycles. The molecule has 120 valence electrons. The molecule has 1 fully saturated rings. The Morgan fingerprint density at radius 1 is 1.52 bits per heavy atom. The van der Waals surface area contributed by atoms with Crippen LogP contribution in [-0.2, 0) is 6.54 Å². The van der Waals surface area contributed by atoms with E-state index in [1.165, 1.54) is 0 Å². The van der Waals surface area contributed by atoms with Crippen LogP contribution in [0, 0.1) is 5.41 Å². The van der Waals surface area contributed by atoms with Crippen molar-refractivity contribution < 1.29 is 10.2 Å². The summed E-state index contributed by atoms with van der Waals surface area (Å²) in [4.78, 5) is 6.93. The van der Waals surface area contributed by atoms with Crippen LogP contribution in [0.15, 0.2) is 5.38 Å². The first kappa shape index (κ1) is 16.9. The average molecular weight is 312 g/mol. The van der Waals surface area contributed by atoms with Crippen molar-refractivity contribution in [3.05, 3.63) is 16.1 Å². The normalized spacial score (nSPS) is 27.4. The maximum atomic E-state index is 10.5. The quantitative estimate of drug-likeness (QED) is 0.848. The van der Waals surface area contributed by atoms with Gasteiger partial charge in [0.25, 0.3) is 0 Å². The van der Waals surface area contributed by atoms with E-state index in [1.54, 1.807) is 11.3 Å². The molecule has 21 heavy (non-hydrogen) atoms. The van der Waals surface area contributed by atoms with Gasteiger partial charge >= 0.3 is 0 Å². The molecule has 2 rings (SSSR count). The zero-order valence-corrected chi connectivity index (χ0v) is 14.2. The molecule has 0 bridgehead atoms. The summed E-state index contributed by atoms with van der Waals surface area (Å²) in [5.41, 5.74) is 0.861. The number of β-amino-alcohol motifs (C(OH)–C–C–N with tert-alkyl or cyclic N) is 1. The van der Waals surface area contributed by atoms with Gasteiger partial charge < -0.3 is 10.2 Å². The number of aliphatic hydroxyl groups excluding tert-OH is 2. The molecule has 0 aromatic carbocycles. The Hall–Kier alpha value is -0.490. The van der Waals surface area contributed by atoms with Gasteiger partial charge in [-0.05, 0) is 25.3 Å². The van der Waals surface area contributed by atoms with Crippen LogP contribution >= 0.6 is 11.3 Å². The van der Waals surface area contributed by atoms with Crippen molar-refractivity contribution in [1.82, 2.24) is 9.88 Å². The average Bonchev–Trinajstić information content (AvgIpc) is 2.91. The topological polar surface area (TPSA) is 56.6 Å². The highest BCUT2D eigenvalue weighted by Gasteiger charge is 2.41. The number of aromatic nitrogens is 1. The summed E-state index contributed by atoms with van der Waals surface area (Å²) in [5, 5.41) is 23.4. The molecule has 5 heteroatoms. The summed E-state index contributed by atoms with van der Waals surface area (Å²) < 4.78 is 0. The van der Waals surface area contributed by atoms with Crippen LogP contribution in [-0.4, -0.2) is 45.9 Å². The highest BCUT2D eigenvalue weighted by molar-refractivity contribution is 7.09. The lowest BCUT2D eigenvalue weighted by Crippen LogP contribution is -2.52. The standard InChI is InChI=1S/C16H28N2O2S/c1-4-5-16(11-19)6-7-18(8-14(16)20)9-15-17-13(10-21-15)12(2)3/h10,12,14,19-20H,4-9,11H2,1-3H3/t14-,16+/m0/s1. The Balaban J connectivity index is 1.95. The van der Waals surface area contributed by atoms with E-state index in [2.05, 4.69) is 36.0 Å². The van der Waals surface area contributed by atoms with Crippen molar-refractivity contribution in [2.75, 3.05) is 19.7 Å². The number of likely N-dealkylation sites (tertiary alicyclic amines) is 1. The maximum absolute atomic E-state index is 10.5. The van der Waals surface area contributed by atoms with E-state index in [0.29, 0.717) is 12.5 Å². The molecule has 1 aromatic rings. The molecule has 0 saturated carbocycles. The molecule has 0 unspecified atom stereocenters. The highest BCUT2D eigenvalue weighted by Crippen LogP contribution is 2.36. The summed E-state index contributed by atoms with van der Waals surface area (Å²) >= 11 is 1.70. The minimum atomic E-state index is -0.444. The predicted molar refractivity (Wildman–Crippen MR) is 86.5 cm³/mol. The Morgan fingerprint density at radius 2 is 2.29 bits per heavy atom. The van der Waals surface area contributed by atoms with Crippen LogP contribution in [0.3, 0.4) is 0 Å². The molecule has 2 heterocycles. The van der Waals surface area contributed by atoms with Crippen LogP contribution in [0.5, 0.6) is 0 Å². The molecular weight excluding hydrogens is 284 g/mol. The molecular formula is C16H28N2O2S. The van der Waals surface area contributed by atoms with Crippen LogP contribution in [0.4, 0.5) is 0 Å². The van der Waals surface area contributed by atoms with Crippen molar-refractivity contribution in [3.63, 3.8) is 0 Å². The van der Waals surface area contributed by atoms with Crippen molar-refractivity contribution >= 4 is 11.3 Å². The maximum Gasteiger partial charge on any atom is 0.107 e. The van der Waals surface area contributed by atoms with E-state index < -0.39 is 6.10 Å². The van der Waals surface area contributed by atoms with Gasteiger partial charge in [0.2, 0.25) is 0 Å². The minimum absolute atomic E-state index is 0.0879. The second-order valence-electron chi connectivity index (χ2n) is 6.59. The number of piperidine rings is 1. The van der Waals surface area contributed by atoms with Gasteiger partial charge in [0.15, 0.2) is 0 Å². The fourth-order valence-corrected chi connectivity index (χ4v) is 4.12. The third kappa shape index (κ3) is 3.83. The molecule has 4 nitrogen and oxygen atoms in total. The fraction of sp³-hybridized carbons (Fsp3) is 0.812. The van der Waals surface area contributed by atoms with Gasteiger partial charge in [-0.15, -0.1) is 11.3 Å². The van der Waals surface area contributed by atoms with Crippen molar-refractivity contribution in [2.24, 2.45) is 5.41 Å². The van der Waals surface area contributed by atoms with Crippen molar-refractivity contribution in [2.45, 2.75) is 58.6 Å². The van der Waals surface area contributed by atoms with Gasteiger partial charge in [0, 0.05) is 17.3 Å². The van der Waals surface area contributed by atoms with Gasteiger partial charge in [-0.1, -0.05) is 27.2 Å². The largest absolute Gasteiger partial charge is 0.396 e. The number of hydrogen-bond donors (Lipinski definition) is 2. The fourth-order valence-electron chi connectivity index (χ4n) is 3.13. The van der Waals surface area contributed by atoms with Crippen molar-refractivity contribution in [3.8, 4) is 0 Å². The Morgan fingerprint density at radius 3 is 2.81 bits per heavy atom. The number of aliphatic hydroxyl groups is 2. The summed E-state index contributed by atoms with van der Waals surface area (Å²) in [6.45, 7) is 8.88. The van der Waals surface area contributed by atoms with Gasteiger partial charge in [0.05, 0.1) is 24.9 Å². The predicted octanol–water partition coefficient (Wildman–Crippen LogP) is 2.61. The highest BCUT2D eigenvalue weighted by atomic mass is 32.1. The summed E-state index contributed by atoms with van der Waals surface area (Å²) in [6, 6.07) is 0. The zero-order chi connectivity index (χ0) is 15.5. The zero-order valence-electron chi connectivity index (χ0n) is 13.4. The monoisotopic (exact) mass is 312 g/mol. The number of thiazole rings is 1. The van der Waals surface area contributed by atoms with Gasteiger partial charge in [-0.3, -0.25) is 4.90 Å². The molecule has 0 amide bonds. The van der Waals surface area contributed by atoms with Crippen molar-refractivity contribution in [1.29, 1.82) is 0 Å². The van der Waals surface area contributed by atoms with Crippen LogP contribution < -0.4 is 0 Å². The first-order valence-electron chi connectivity index (χ1n) is 7.96. The lowest BCUT2D eigenvalue weighted by molar-refractivity contribution is -0.0802. The second-order valence-corrected chi connectivity index (χ2v) is 7.53. The smallest absolute Gasteiger partial charge is 0.107 e. The van der Waals surface area contributed by atoms with Gasteiger partial charge in [-0.2, -0.15) is 0 Å². The SMILES string of the molecule is CCC[C@]1(CO)CCN(Cc2nc(C(C)C)cs2)C[C@@H]1O. The Kier molecular flexibility index (Phi) is 5.77.